The Hall–Kier alpha value is -1.65. The van der Waals surface area contributed by atoms with E-state index in [-0.39, 0.29) is 23.7 Å². The van der Waals surface area contributed by atoms with E-state index >= 15 is 0 Å². The maximum atomic E-state index is 11.0. The molecular weight excluding hydrogens is 198 g/mol. The predicted molar refractivity (Wildman–Crippen MR) is 56.0 cm³/mol. The van der Waals surface area contributed by atoms with Crippen LogP contribution in [0, 0.1) is 0 Å². The minimum Gasteiger partial charge on any atom is -0.512 e. The second kappa shape index (κ2) is 6.75. The number of carbonyl (C=O) groups excluding carboxylic acids is 2. The molecule has 0 spiro atoms. The van der Waals surface area contributed by atoms with Crippen molar-refractivity contribution in [1.82, 2.24) is 0 Å². The fourth-order valence-corrected chi connectivity index (χ4v) is 0.857. The van der Waals surface area contributed by atoms with Crippen molar-refractivity contribution in [1.29, 1.82) is 0 Å². The third-order valence-corrected chi connectivity index (χ3v) is 1.52. The van der Waals surface area contributed by atoms with Gasteiger partial charge in [-0.25, -0.2) is 0 Å². The summed E-state index contributed by atoms with van der Waals surface area (Å²) in [5.41, 5.74) is 0.0966. The zero-order chi connectivity index (χ0) is 11.8. The number of ether oxygens (including phenoxy) is 1. The van der Waals surface area contributed by atoms with E-state index in [0.29, 0.717) is 6.61 Å². The van der Waals surface area contributed by atoms with Gasteiger partial charge in [-0.15, -0.1) is 0 Å². The van der Waals surface area contributed by atoms with Crippen LogP contribution in [0.25, 0.3) is 0 Å². The van der Waals surface area contributed by atoms with E-state index in [9.17, 15) is 9.59 Å². The highest BCUT2D eigenvalue weighted by molar-refractivity contribution is 6.12. The number of aliphatic imine (C=N–C) groups is 1. The molecule has 0 aromatic heterocycles. The standard InChI is InChI=1S/C10H15NO4/c1-4-15-10(14)6-11-5-9(7(2)12)8(3)13/h5,12H,4,6H2,1-3H3/b9-7-,11-5?. The van der Waals surface area contributed by atoms with Crippen molar-refractivity contribution in [2.75, 3.05) is 13.2 Å². The average Bonchev–Trinajstić information content (AvgIpc) is 2.11. The molecule has 5 nitrogen and oxygen atoms in total. The molecule has 0 aromatic carbocycles. The molecular formula is C10H15NO4. The van der Waals surface area contributed by atoms with Gasteiger partial charge in [0.2, 0.25) is 0 Å². The van der Waals surface area contributed by atoms with Crippen LogP contribution >= 0.6 is 0 Å². The minimum atomic E-state index is -0.466. The van der Waals surface area contributed by atoms with Crippen LogP contribution in [-0.4, -0.2) is 36.2 Å². The first kappa shape index (κ1) is 13.4. The SMILES string of the molecule is CCOC(=O)CN=C/C(C(C)=O)=C(\C)O. The largest absolute Gasteiger partial charge is 0.512 e. The van der Waals surface area contributed by atoms with Crippen molar-refractivity contribution in [3.63, 3.8) is 0 Å². The van der Waals surface area contributed by atoms with Crippen molar-refractivity contribution >= 4 is 18.0 Å². The molecule has 5 heteroatoms. The topological polar surface area (TPSA) is 76.0 Å². The molecule has 0 atom stereocenters. The second-order valence-electron chi connectivity index (χ2n) is 2.83. The molecule has 0 aliphatic heterocycles. The van der Waals surface area contributed by atoms with Crippen molar-refractivity contribution < 1.29 is 19.4 Å². The average molecular weight is 213 g/mol. The smallest absolute Gasteiger partial charge is 0.327 e. The van der Waals surface area contributed by atoms with Crippen LogP contribution in [0.5, 0.6) is 0 Å². The summed E-state index contributed by atoms with van der Waals surface area (Å²) in [6.07, 6.45) is 1.18. The van der Waals surface area contributed by atoms with E-state index < -0.39 is 5.97 Å². The number of ketones is 1. The van der Waals surface area contributed by atoms with Gasteiger partial charge in [-0.1, -0.05) is 0 Å². The molecule has 0 fully saturated rings. The molecule has 0 saturated heterocycles. The molecule has 0 bridgehead atoms. The van der Waals surface area contributed by atoms with E-state index in [1.165, 1.54) is 20.1 Å². The number of aliphatic hydroxyl groups is 1. The molecule has 84 valence electrons. The number of Topliss-reactive ketones (excluding diaryl/α,β-unsaturated/α-hetero) is 1. The van der Waals surface area contributed by atoms with Crippen molar-refractivity contribution in [3.8, 4) is 0 Å². The van der Waals surface area contributed by atoms with E-state index in [0.717, 1.165) is 0 Å². The Labute approximate surface area is 88.5 Å². The third kappa shape index (κ3) is 5.61. The second-order valence-corrected chi connectivity index (χ2v) is 2.83. The Morgan fingerprint density at radius 1 is 1.40 bits per heavy atom. The molecule has 0 aliphatic rings. The van der Waals surface area contributed by atoms with Gasteiger partial charge in [-0.05, 0) is 20.8 Å². The third-order valence-electron chi connectivity index (χ3n) is 1.52. The van der Waals surface area contributed by atoms with E-state index in [1.54, 1.807) is 6.92 Å². The maximum absolute atomic E-state index is 11.0. The van der Waals surface area contributed by atoms with Gasteiger partial charge in [-0.2, -0.15) is 0 Å². The van der Waals surface area contributed by atoms with Gasteiger partial charge in [0.1, 0.15) is 12.3 Å². The highest BCUT2D eigenvalue weighted by atomic mass is 16.5. The molecule has 0 aliphatic carbocycles. The van der Waals surface area contributed by atoms with Crippen LogP contribution in [0.15, 0.2) is 16.3 Å². The highest BCUT2D eigenvalue weighted by Gasteiger charge is 2.05. The predicted octanol–water partition coefficient (Wildman–Crippen LogP) is 1.04. The van der Waals surface area contributed by atoms with Crippen molar-refractivity contribution in [3.05, 3.63) is 11.3 Å². The molecule has 0 unspecified atom stereocenters. The van der Waals surface area contributed by atoms with E-state index in [1.807, 2.05) is 0 Å². The maximum Gasteiger partial charge on any atom is 0.327 e. The zero-order valence-electron chi connectivity index (χ0n) is 9.11. The number of esters is 1. The van der Waals surface area contributed by atoms with Gasteiger partial charge in [0.25, 0.3) is 0 Å². The summed E-state index contributed by atoms with van der Waals surface area (Å²) in [6, 6.07) is 0. The minimum absolute atomic E-state index is 0.0966. The number of hydrogen-bond acceptors (Lipinski definition) is 5. The summed E-state index contributed by atoms with van der Waals surface area (Å²) in [4.78, 5) is 25.5. The van der Waals surface area contributed by atoms with Crippen LogP contribution in [-0.2, 0) is 14.3 Å². The van der Waals surface area contributed by atoms with Gasteiger partial charge >= 0.3 is 5.97 Å². The lowest BCUT2D eigenvalue weighted by atomic mass is 10.2. The van der Waals surface area contributed by atoms with Crippen molar-refractivity contribution in [2.24, 2.45) is 4.99 Å². The first-order chi connectivity index (χ1) is 6.99. The molecule has 0 amide bonds. The van der Waals surface area contributed by atoms with Crippen LogP contribution in [0.4, 0.5) is 0 Å². The fraction of sp³-hybridized carbons (Fsp3) is 0.500. The Kier molecular flexibility index (Phi) is 6.01. The first-order valence-electron chi connectivity index (χ1n) is 4.55. The van der Waals surface area contributed by atoms with Crippen LogP contribution in [0.3, 0.4) is 0 Å². The summed E-state index contributed by atoms with van der Waals surface area (Å²) in [5, 5.41) is 9.10. The van der Waals surface area contributed by atoms with Gasteiger partial charge in [0.15, 0.2) is 5.78 Å². The van der Waals surface area contributed by atoms with Gasteiger partial charge in [0.05, 0.1) is 12.2 Å². The Morgan fingerprint density at radius 2 is 2.00 bits per heavy atom. The summed E-state index contributed by atoms with van der Waals surface area (Å²) in [5.74, 6) is -0.884. The molecule has 0 radical (unpaired) electrons. The lowest BCUT2D eigenvalue weighted by Gasteiger charge is -1.98. The Morgan fingerprint density at radius 3 is 2.40 bits per heavy atom. The zero-order valence-corrected chi connectivity index (χ0v) is 9.11. The summed E-state index contributed by atoms with van der Waals surface area (Å²) >= 11 is 0. The Bertz CT molecular complexity index is 301. The number of nitrogens with zero attached hydrogens (tertiary/aromatic N) is 1. The number of carbonyl (C=O) groups is 2. The molecule has 0 aromatic rings. The molecule has 1 N–H and O–H groups in total. The first-order valence-corrected chi connectivity index (χ1v) is 4.55. The monoisotopic (exact) mass is 213 g/mol. The fourth-order valence-electron chi connectivity index (χ4n) is 0.857. The normalized spacial score (nSPS) is 12.5. The number of rotatable bonds is 5. The number of hydrogen-bond donors (Lipinski definition) is 1. The quantitative estimate of drug-likeness (QED) is 0.320. The summed E-state index contributed by atoms with van der Waals surface area (Å²) in [7, 11) is 0. The molecule has 0 heterocycles. The lowest BCUT2D eigenvalue weighted by Crippen LogP contribution is -2.09. The van der Waals surface area contributed by atoms with Crippen LogP contribution in [0.1, 0.15) is 20.8 Å². The van der Waals surface area contributed by atoms with Gasteiger partial charge in [-0.3, -0.25) is 14.6 Å². The summed E-state index contributed by atoms with van der Waals surface area (Å²) in [6.45, 7) is 4.53. The molecule has 15 heavy (non-hydrogen) atoms. The summed E-state index contributed by atoms with van der Waals surface area (Å²) < 4.78 is 4.63. The van der Waals surface area contributed by atoms with E-state index in [2.05, 4.69) is 9.73 Å². The van der Waals surface area contributed by atoms with Crippen LogP contribution < -0.4 is 0 Å². The van der Waals surface area contributed by atoms with Gasteiger partial charge < -0.3 is 9.84 Å². The lowest BCUT2D eigenvalue weighted by molar-refractivity contribution is -0.141. The van der Waals surface area contributed by atoms with Crippen LogP contribution in [0.2, 0.25) is 0 Å². The Balaban J connectivity index is 4.33. The molecule has 0 saturated carbocycles. The number of aliphatic hydroxyl groups excluding tert-OH is 1. The number of allylic oxidation sites excluding steroid dienone is 2. The highest BCUT2D eigenvalue weighted by Crippen LogP contribution is 1.99. The van der Waals surface area contributed by atoms with E-state index in [4.69, 9.17) is 5.11 Å². The van der Waals surface area contributed by atoms with Gasteiger partial charge in [0, 0.05) is 6.21 Å². The molecule has 0 rings (SSSR count). The van der Waals surface area contributed by atoms with Crippen molar-refractivity contribution in [2.45, 2.75) is 20.8 Å².